The minimum atomic E-state index is 0. The smallest absolute Gasteiger partial charge is 0.0468 e. The lowest BCUT2D eigenvalue weighted by Gasteiger charge is -2.05. The van der Waals surface area contributed by atoms with Gasteiger partial charge in [0.2, 0.25) is 0 Å². The molecule has 2 aromatic rings. The largest absolute Gasteiger partial charge is 0.303 e. The molecule has 3 heteroatoms. The van der Waals surface area contributed by atoms with Gasteiger partial charge in [0.15, 0.2) is 0 Å². The first kappa shape index (κ1) is 15.1. The summed E-state index contributed by atoms with van der Waals surface area (Å²) in [6.07, 6.45) is 0. The van der Waals surface area contributed by atoms with Crippen LogP contribution in [0.3, 0.4) is 0 Å². The van der Waals surface area contributed by atoms with Gasteiger partial charge in [-0.15, -0.1) is 24.2 Å². The monoisotopic (exact) mass is 279 g/mol. The van der Waals surface area contributed by atoms with Crippen molar-refractivity contribution in [3.8, 4) is 0 Å². The topological polar surface area (TPSA) is 12.0 Å². The second-order valence-corrected chi connectivity index (χ2v) is 5.06. The molecular formula is C15H18ClNS. The van der Waals surface area contributed by atoms with Gasteiger partial charge in [-0.3, -0.25) is 0 Å². The van der Waals surface area contributed by atoms with Crippen LogP contribution in [0.15, 0.2) is 59.5 Å². The van der Waals surface area contributed by atoms with Gasteiger partial charge in [0.1, 0.15) is 0 Å². The van der Waals surface area contributed by atoms with Crippen molar-refractivity contribution in [1.82, 2.24) is 5.32 Å². The SMILES string of the molecule is Cc1ccc(SCNCc2ccccc2)cc1.Cl. The Hall–Kier alpha value is -0.960. The van der Waals surface area contributed by atoms with E-state index in [-0.39, 0.29) is 12.4 Å². The van der Waals surface area contributed by atoms with E-state index in [1.165, 1.54) is 16.0 Å². The van der Waals surface area contributed by atoms with E-state index < -0.39 is 0 Å². The zero-order valence-corrected chi connectivity index (χ0v) is 12.1. The van der Waals surface area contributed by atoms with Gasteiger partial charge in [0, 0.05) is 17.3 Å². The average Bonchev–Trinajstić information content (AvgIpc) is 2.38. The van der Waals surface area contributed by atoms with Crippen molar-refractivity contribution in [2.24, 2.45) is 0 Å². The second-order valence-electron chi connectivity index (χ2n) is 4.01. The molecule has 2 rings (SSSR count). The van der Waals surface area contributed by atoms with Gasteiger partial charge in [-0.1, -0.05) is 48.0 Å². The lowest BCUT2D eigenvalue weighted by molar-refractivity contribution is 0.796. The Morgan fingerprint density at radius 3 is 2.28 bits per heavy atom. The van der Waals surface area contributed by atoms with Crippen LogP contribution in [-0.2, 0) is 6.54 Å². The van der Waals surface area contributed by atoms with Crippen LogP contribution < -0.4 is 5.32 Å². The van der Waals surface area contributed by atoms with Crippen LogP contribution in [0.25, 0.3) is 0 Å². The van der Waals surface area contributed by atoms with E-state index >= 15 is 0 Å². The Morgan fingerprint density at radius 2 is 1.61 bits per heavy atom. The number of benzene rings is 2. The number of hydrogen-bond donors (Lipinski definition) is 1. The summed E-state index contributed by atoms with van der Waals surface area (Å²) in [7, 11) is 0. The summed E-state index contributed by atoms with van der Waals surface area (Å²) in [6.45, 7) is 3.04. The molecule has 0 amide bonds. The van der Waals surface area contributed by atoms with Gasteiger partial charge in [-0.2, -0.15) is 0 Å². The minimum absolute atomic E-state index is 0. The molecular weight excluding hydrogens is 262 g/mol. The fourth-order valence-electron chi connectivity index (χ4n) is 1.56. The molecule has 0 aliphatic carbocycles. The predicted octanol–water partition coefficient (Wildman–Crippen LogP) is 4.26. The molecule has 1 nitrogen and oxygen atoms in total. The predicted molar refractivity (Wildman–Crippen MR) is 82.4 cm³/mol. The van der Waals surface area contributed by atoms with Crippen molar-refractivity contribution in [3.63, 3.8) is 0 Å². The molecule has 0 atom stereocenters. The van der Waals surface area contributed by atoms with Crippen LogP contribution in [0, 0.1) is 6.92 Å². The van der Waals surface area contributed by atoms with E-state index in [2.05, 4.69) is 60.8 Å². The van der Waals surface area contributed by atoms with E-state index in [1.807, 2.05) is 17.8 Å². The van der Waals surface area contributed by atoms with E-state index in [1.54, 1.807) is 0 Å². The van der Waals surface area contributed by atoms with Gasteiger partial charge in [0.05, 0.1) is 0 Å². The molecule has 2 aromatic carbocycles. The standard InChI is InChI=1S/C15H17NS.ClH/c1-13-7-9-15(10-8-13)17-12-16-11-14-5-3-2-4-6-14;/h2-10,16H,11-12H2,1H3;1H. The number of thioether (sulfide) groups is 1. The molecule has 0 aromatic heterocycles. The van der Waals surface area contributed by atoms with Crippen molar-refractivity contribution in [2.75, 3.05) is 5.88 Å². The molecule has 0 heterocycles. The molecule has 0 unspecified atom stereocenters. The van der Waals surface area contributed by atoms with Crippen molar-refractivity contribution in [2.45, 2.75) is 18.4 Å². The van der Waals surface area contributed by atoms with Crippen molar-refractivity contribution in [1.29, 1.82) is 0 Å². The quantitative estimate of drug-likeness (QED) is 0.499. The Morgan fingerprint density at radius 1 is 0.944 bits per heavy atom. The molecule has 0 fully saturated rings. The Balaban J connectivity index is 0.00000162. The summed E-state index contributed by atoms with van der Waals surface area (Å²) in [6, 6.07) is 19.1. The van der Waals surface area contributed by atoms with E-state index in [4.69, 9.17) is 0 Å². The summed E-state index contributed by atoms with van der Waals surface area (Å²) in [5, 5.41) is 3.43. The highest BCUT2D eigenvalue weighted by Gasteiger charge is 1.94. The van der Waals surface area contributed by atoms with Gasteiger partial charge in [-0.05, 0) is 24.6 Å². The summed E-state index contributed by atoms with van der Waals surface area (Å²) in [4.78, 5) is 1.32. The maximum absolute atomic E-state index is 3.43. The van der Waals surface area contributed by atoms with Crippen LogP contribution in [0.1, 0.15) is 11.1 Å². The molecule has 0 spiro atoms. The zero-order valence-electron chi connectivity index (χ0n) is 10.4. The molecule has 0 aliphatic heterocycles. The third kappa shape index (κ3) is 5.13. The zero-order chi connectivity index (χ0) is 11.9. The summed E-state index contributed by atoms with van der Waals surface area (Å²) in [5.74, 6) is 0.942. The number of halogens is 1. The van der Waals surface area contributed by atoms with Crippen LogP contribution >= 0.6 is 24.2 Å². The fraction of sp³-hybridized carbons (Fsp3) is 0.200. The first-order chi connectivity index (χ1) is 8.34. The molecule has 1 N–H and O–H groups in total. The van der Waals surface area contributed by atoms with E-state index in [9.17, 15) is 0 Å². The highest BCUT2D eigenvalue weighted by atomic mass is 35.5. The third-order valence-electron chi connectivity index (χ3n) is 2.53. The first-order valence-electron chi connectivity index (χ1n) is 5.79. The Bertz CT molecular complexity index is 442. The number of rotatable bonds is 5. The van der Waals surface area contributed by atoms with Crippen LogP contribution in [0.4, 0.5) is 0 Å². The molecule has 96 valence electrons. The van der Waals surface area contributed by atoms with Crippen LogP contribution in [0.5, 0.6) is 0 Å². The average molecular weight is 280 g/mol. The van der Waals surface area contributed by atoms with Gasteiger partial charge in [-0.25, -0.2) is 0 Å². The first-order valence-corrected chi connectivity index (χ1v) is 6.77. The minimum Gasteiger partial charge on any atom is -0.303 e. The Kier molecular flexibility index (Phi) is 6.88. The highest BCUT2D eigenvalue weighted by Crippen LogP contribution is 2.16. The lowest BCUT2D eigenvalue weighted by atomic mass is 10.2. The molecule has 0 bridgehead atoms. The van der Waals surface area contributed by atoms with Crippen molar-refractivity contribution >= 4 is 24.2 Å². The van der Waals surface area contributed by atoms with Crippen molar-refractivity contribution < 1.29 is 0 Å². The maximum Gasteiger partial charge on any atom is 0.0468 e. The molecule has 0 radical (unpaired) electrons. The van der Waals surface area contributed by atoms with Crippen molar-refractivity contribution in [3.05, 3.63) is 65.7 Å². The molecule has 0 saturated carbocycles. The maximum atomic E-state index is 3.43. The normalized spacial score (nSPS) is 9.83. The van der Waals surface area contributed by atoms with Crippen LogP contribution in [-0.4, -0.2) is 5.88 Å². The second kappa shape index (κ2) is 8.20. The van der Waals surface area contributed by atoms with Gasteiger partial charge in [0.25, 0.3) is 0 Å². The number of aryl methyl sites for hydroxylation is 1. The fourth-order valence-corrected chi connectivity index (χ4v) is 2.26. The molecule has 18 heavy (non-hydrogen) atoms. The van der Waals surface area contributed by atoms with Gasteiger partial charge >= 0.3 is 0 Å². The summed E-state index contributed by atoms with van der Waals surface area (Å²) in [5.41, 5.74) is 2.64. The Labute approximate surface area is 119 Å². The molecule has 0 saturated heterocycles. The highest BCUT2D eigenvalue weighted by molar-refractivity contribution is 7.99. The van der Waals surface area contributed by atoms with Crippen LogP contribution in [0.2, 0.25) is 0 Å². The lowest BCUT2D eigenvalue weighted by Crippen LogP contribution is -2.11. The molecule has 0 aliphatic rings. The number of hydrogen-bond acceptors (Lipinski definition) is 2. The van der Waals surface area contributed by atoms with E-state index in [0.717, 1.165) is 12.4 Å². The summed E-state index contributed by atoms with van der Waals surface area (Å²) < 4.78 is 0. The number of nitrogens with one attached hydrogen (secondary N) is 1. The summed E-state index contributed by atoms with van der Waals surface area (Å²) >= 11 is 1.84. The van der Waals surface area contributed by atoms with E-state index in [0.29, 0.717) is 0 Å². The van der Waals surface area contributed by atoms with Gasteiger partial charge < -0.3 is 5.32 Å². The third-order valence-corrected chi connectivity index (χ3v) is 3.49.